The Hall–Kier alpha value is -3.72. The van der Waals surface area contributed by atoms with Gasteiger partial charge in [-0.05, 0) is 49.4 Å². The second kappa shape index (κ2) is 9.19. The Kier molecular flexibility index (Phi) is 6.18. The molecule has 1 aliphatic heterocycles. The summed E-state index contributed by atoms with van der Waals surface area (Å²) in [6, 6.07) is 20.4. The van der Waals surface area contributed by atoms with Crippen molar-refractivity contribution >= 4 is 17.4 Å². The third-order valence-corrected chi connectivity index (χ3v) is 6.35. The number of aromatic nitrogens is 2. The number of carbonyl (C=O) groups is 1. The summed E-state index contributed by atoms with van der Waals surface area (Å²) in [6.45, 7) is 5.37. The van der Waals surface area contributed by atoms with Crippen LogP contribution in [0, 0.1) is 18.3 Å². The Bertz CT molecular complexity index is 1130. The molecule has 162 valence electrons. The van der Waals surface area contributed by atoms with E-state index in [4.69, 9.17) is 0 Å². The standard InChI is InChI=1S/C26H27N5O/c1-3-20-9-11-22(12-10-20)30-25(32)23-19(2)24(29-18-28-23)31-15-13-26(17-27,14-16-31)21-7-5-4-6-8-21/h4-12,18H,3,13-16H2,1-2H3,(H,30,32). The van der Waals surface area contributed by atoms with Gasteiger partial charge in [0.25, 0.3) is 5.91 Å². The molecule has 0 radical (unpaired) electrons. The molecule has 0 unspecified atom stereocenters. The van der Waals surface area contributed by atoms with Crippen LogP contribution in [0.2, 0.25) is 0 Å². The molecule has 0 spiro atoms. The van der Waals surface area contributed by atoms with Gasteiger partial charge in [0.05, 0.1) is 11.5 Å². The smallest absolute Gasteiger partial charge is 0.274 e. The van der Waals surface area contributed by atoms with Gasteiger partial charge in [0.2, 0.25) is 0 Å². The molecule has 6 nitrogen and oxygen atoms in total. The molecule has 0 aliphatic carbocycles. The van der Waals surface area contributed by atoms with Crippen LogP contribution in [0.5, 0.6) is 0 Å². The number of aryl methyl sites for hydroxylation is 1. The molecule has 4 rings (SSSR count). The van der Waals surface area contributed by atoms with Gasteiger partial charge >= 0.3 is 0 Å². The molecular weight excluding hydrogens is 398 g/mol. The number of nitrogens with zero attached hydrogens (tertiary/aromatic N) is 4. The first-order valence-electron chi connectivity index (χ1n) is 11.0. The summed E-state index contributed by atoms with van der Waals surface area (Å²) in [4.78, 5) is 23.8. The summed E-state index contributed by atoms with van der Waals surface area (Å²) >= 11 is 0. The number of anilines is 2. The summed E-state index contributed by atoms with van der Waals surface area (Å²) < 4.78 is 0. The van der Waals surface area contributed by atoms with Crippen molar-refractivity contribution in [3.63, 3.8) is 0 Å². The van der Waals surface area contributed by atoms with Gasteiger partial charge < -0.3 is 10.2 Å². The molecule has 1 N–H and O–H groups in total. The first-order chi connectivity index (χ1) is 15.6. The third kappa shape index (κ3) is 4.19. The normalized spacial score (nSPS) is 15.1. The van der Waals surface area contributed by atoms with Gasteiger partial charge in [0, 0.05) is 24.3 Å². The van der Waals surface area contributed by atoms with E-state index in [-0.39, 0.29) is 5.91 Å². The van der Waals surface area contributed by atoms with Crippen LogP contribution in [0.25, 0.3) is 0 Å². The summed E-state index contributed by atoms with van der Waals surface area (Å²) in [5.74, 6) is 0.508. The minimum Gasteiger partial charge on any atom is -0.356 e. The van der Waals surface area contributed by atoms with Gasteiger partial charge in [-0.25, -0.2) is 9.97 Å². The van der Waals surface area contributed by atoms with Crippen molar-refractivity contribution in [1.29, 1.82) is 5.26 Å². The SMILES string of the molecule is CCc1ccc(NC(=O)c2ncnc(N3CCC(C#N)(c4ccccc4)CC3)c2C)cc1. The van der Waals surface area contributed by atoms with Crippen molar-refractivity contribution in [2.24, 2.45) is 0 Å². The van der Waals surface area contributed by atoms with E-state index in [1.807, 2.05) is 61.5 Å². The fourth-order valence-electron chi connectivity index (χ4n) is 4.33. The Morgan fingerprint density at radius 3 is 2.41 bits per heavy atom. The minimum atomic E-state index is -0.483. The fraction of sp³-hybridized carbons (Fsp3) is 0.308. The molecule has 2 heterocycles. The summed E-state index contributed by atoms with van der Waals surface area (Å²) in [6.07, 6.45) is 3.82. The first kappa shape index (κ1) is 21.5. The molecule has 1 fully saturated rings. The van der Waals surface area contributed by atoms with Crippen LogP contribution in [-0.4, -0.2) is 29.0 Å². The van der Waals surface area contributed by atoms with Crippen molar-refractivity contribution in [2.45, 2.75) is 38.5 Å². The van der Waals surface area contributed by atoms with Gasteiger partial charge in [-0.1, -0.05) is 49.4 Å². The minimum absolute atomic E-state index is 0.247. The molecule has 1 amide bonds. The Morgan fingerprint density at radius 1 is 1.09 bits per heavy atom. The predicted octanol–water partition coefficient (Wildman–Crippen LogP) is 4.66. The van der Waals surface area contributed by atoms with E-state index in [0.717, 1.165) is 29.1 Å². The van der Waals surface area contributed by atoms with Crippen molar-refractivity contribution in [3.8, 4) is 6.07 Å². The first-order valence-corrected chi connectivity index (χ1v) is 11.0. The number of carbonyl (C=O) groups excluding carboxylic acids is 1. The van der Waals surface area contributed by atoms with Crippen LogP contribution in [0.4, 0.5) is 11.5 Å². The number of benzene rings is 2. The second-order valence-electron chi connectivity index (χ2n) is 8.22. The maximum atomic E-state index is 12.9. The molecular formula is C26H27N5O. The zero-order valence-electron chi connectivity index (χ0n) is 18.5. The number of piperidine rings is 1. The zero-order valence-corrected chi connectivity index (χ0v) is 18.5. The Labute approximate surface area is 188 Å². The van der Waals surface area contributed by atoms with Crippen LogP contribution >= 0.6 is 0 Å². The van der Waals surface area contributed by atoms with Crippen molar-refractivity contribution in [2.75, 3.05) is 23.3 Å². The van der Waals surface area contributed by atoms with Gasteiger partial charge in [-0.3, -0.25) is 4.79 Å². The zero-order chi connectivity index (χ0) is 22.6. The molecule has 1 aliphatic rings. The lowest BCUT2D eigenvalue weighted by atomic mass is 9.74. The largest absolute Gasteiger partial charge is 0.356 e. The van der Waals surface area contributed by atoms with Crippen molar-refractivity contribution in [3.05, 3.63) is 83.3 Å². The lowest BCUT2D eigenvalue weighted by molar-refractivity contribution is 0.102. The van der Waals surface area contributed by atoms with E-state index in [9.17, 15) is 10.1 Å². The number of hydrogen-bond donors (Lipinski definition) is 1. The van der Waals surface area contributed by atoms with E-state index in [2.05, 4.69) is 33.2 Å². The number of amides is 1. The summed E-state index contributed by atoms with van der Waals surface area (Å²) in [7, 11) is 0. The molecule has 0 saturated carbocycles. The van der Waals surface area contributed by atoms with E-state index in [1.165, 1.54) is 11.9 Å². The number of nitriles is 1. The molecule has 2 aromatic carbocycles. The van der Waals surface area contributed by atoms with Crippen LogP contribution in [0.1, 0.15) is 46.9 Å². The van der Waals surface area contributed by atoms with Crippen molar-refractivity contribution < 1.29 is 4.79 Å². The lowest BCUT2D eigenvalue weighted by Gasteiger charge is -2.38. The second-order valence-corrected chi connectivity index (χ2v) is 8.22. The number of rotatable bonds is 5. The Morgan fingerprint density at radius 2 is 1.78 bits per heavy atom. The van der Waals surface area contributed by atoms with E-state index in [0.29, 0.717) is 31.6 Å². The lowest BCUT2D eigenvalue weighted by Crippen LogP contribution is -2.42. The van der Waals surface area contributed by atoms with E-state index < -0.39 is 5.41 Å². The summed E-state index contributed by atoms with van der Waals surface area (Å²) in [5, 5.41) is 12.9. The van der Waals surface area contributed by atoms with Gasteiger partial charge in [0.15, 0.2) is 0 Å². The predicted molar refractivity (Wildman–Crippen MR) is 126 cm³/mol. The third-order valence-electron chi connectivity index (χ3n) is 6.35. The topological polar surface area (TPSA) is 81.9 Å². The molecule has 1 saturated heterocycles. The monoisotopic (exact) mass is 425 g/mol. The van der Waals surface area contributed by atoms with Crippen molar-refractivity contribution in [1.82, 2.24) is 9.97 Å². The Balaban J connectivity index is 1.50. The fourth-order valence-corrected chi connectivity index (χ4v) is 4.33. The van der Waals surface area contributed by atoms with Gasteiger partial charge in [0.1, 0.15) is 17.8 Å². The number of nitrogens with one attached hydrogen (secondary N) is 1. The molecule has 0 atom stereocenters. The van der Waals surface area contributed by atoms with E-state index in [1.54, 1.807) is 0 Å². The van der Waals surface area contributed by atoms with Crippen LogP contribution in [-0.2, 0) is 11.8 Å². The van der Waals surface area contributed by atoms with Crippen LogP contribution in [0.3, 0.4) is 0 Å². The summed E-state index contributed by atoms with van der Waals surface area (Å²) in [5.41, 5.74) is 3.66. The van der Waals surface area contributed by atoms with E-state index >= 15 is 0 Å². The number of hydrogen-bond acceptors (Lipinski definition) is 5. The van der Waals surface area contributed by atoms with Gasteiger partial charge in [-0.15, -0.1) is 0 Å². The molecule has 1 aromatic heterocycles. The highest BCUT2D eigenvalue weighted by Gasteiger charge is 2.37. The van der Waals surface area contributed by atoms with Crippen LogP contribution < -0.4 is 10.2 Å². The maximum absolute atomic E-state index is 12.9. The quantitative estimate of drug-likeness (QED) is 0.643. The van der Waals surface area contributed by atoms with Crippen LogP contribution in [0.15, 0.2) is 60.9 Å². The highest BCUT2D eigenvalue weighted by molar-refractivity contribution is 6.04. The highest BCUT2D eigenvalue weighted by Crippen LogP contribution is 2.36. The molecule has 3 aromatic rings. The molecule has 0 bridgehead atoms. The molecule has 32 heavy (non-hydrogen) atoms. The average molecular weight is 426 g/mol. The average Bonchev–Trinajstić information content (AvgIpc) is 2.85. The molecule has 6 heteroatoms. The van der Waals surface area contributed by atoms with Gasteiger partial charge in [-0.2, -0.15) is 5.26 Å². The maximum Gasteiger partial charge on any atom is 0.274 e. The highest BCUT2D eigenvalue weighted by atomic mass is 16.1.